The molecule has 1 aromatic heterocycles. The Hall–Kier alpha value is -2.74. The molecule has 2 aromatic carbocycles. The van der Waals surface area contributed by atoms with Crippen molar-refractivity contribution in [1.29, 1.82) is 0 Å². The number of hydrazone groups is 1. The number of aromatic nitrogens is 1. The van der Waals surface area contributed by atoms with Gasteiger partial charge in [0.2, 0.25) is 5.13 Å². The monoisotopic (exact) mass is 435 g/mol. The first-order chi connectivity index (χ1) is 15.3. The Balaban J connectivity index is 1.18. The van der Waals surface area contributed by atoms with Crippen LogP contribution in [0.5, 0.6) is 5.75 Å². The zero-order valence-corrected chi connectivity index (χ0v) is 18.7. The summed E-state index contributed by atoms with van der Waals surface area (Å²) >= 11 is 1.54. The van der Waals surface area contributed by atoms with Gasteiger partial charge in [0.1, 0.15) is 5.75 Å². The van der Waals surface area contributed by atoms with Crippen molar-refractivity contribution in [1.82, 2.24) is 14.8 Å². The fraction of sp³-hybridized carbons (Fsp3) is 0.333. The molecule has 0 spiro atoms. The van der Waals surface area contributed by atoms with Crippen LogP contribution in [0.15, 0.2) is 65.1 Å². The van der Waals surface area contributed by atoms with Gasteiger partial charge in [-0.15, -0.1) is 11.3 Å². The molecule has 0 amide bonds. The number of anilines is 1. The number of benzene rings is 2. The van der Waals surface area contributed by atoms with Crippen LogP contribution < -0.4 is 10.2 Å². The van der Waals surface area contributed by atoms with E-state index in [1.54, 1.807) is 17.6 Å². The summed E-state index contributed by atoms with van der Waals surface area (Å²) < 4.78 is 5.89. The zero-order valence-electron chi connectivity index (χ0n) is 17.9. The molecule has 6 nitrogen and oxygen atoms in total. The van der Waals surface area contributed by atoms with Gasteiger partial charge in [-0.2, -0.15) is 5.10 Å². The van der Waals surface area contributed by atoms with Gasteiger partial charge in [0.05, 0.1) is 18.5 Å². The molecule has 7 heteroatoms. The minimum absolute atomic E-state index is 0.745. The molecule has 0 atom stereocenters. The third-order valence-electron chi connectivity index (χ3n) is 5.31. The van der Waals surface area contributed by atoms with Crippen molar-refractivity contribution >= 4 is 22.7 Å². The minimum atomic E-state index is 0.745. The topological polar surface area (TPSA) is 53.0 Å². The van der Waals surface area contributed by atoms with Gasteiger partial charge >= 0.3 is 0 Å². The predicted molar refractivity (Wildman–Crippen MR) is 129 cm³/mol. The molecule has 1 fully saturated rings. The van der Waals surface area contributed by atoms with Crippen molar-refractivity contribution in [3.05, 3.63) is 65.5 Å². The average molecular weight is 436 g/mol. The second-order valence-electron chi connectivity index (χ2n) is 7.69. The fourth-order valence-corrected chi connectivity index (χ4v) is 4.10. The first kappa shape index (κ1) is 21.5. The summed E-state index contributed by atoms with van der Waals surface area (Å²) in [5, 5.41) is 7.11. The van der Waals surface area contributed by atoms with Gasteiger partial charge < -0.3 is 14.5 Å². The van der Waals surface area contributed by atoms with E-state index in [0.29, 0.717) is 0 Å². The molecule has 2 heterocycles. The minimum Gasteiger partial charge on any atom is -0.494 e. The first-order valence-corrected chi connectivity index (χ1v) is 11.6. The maximum Gasteiger partial charge on any atom is 0.203 e. The zero-order chi connectivity index (χ0) is 21.3. The predicted octanol–water partition coefficient (Wildman–Crippen LogP) is 4.27. The molecule has 1 saturated heterocycles. The van der Waals surface area contributed by atoms with Crippen LogP contribution in [0.25, 0.3) is 11.3 Å². The highest BCUT2D eigenvalue weighted by molar-refractivity contribution is 7.14. The molecule has 1 aliphatic heterocycles. The number of thiazole rings is 1. The molecule has 1 N–H and O–H groups in total. The van der Waals surface area contributed by atoms with E-state index in [2.05, 4.69) is 44.5 Å². The van der Waals surface area contributed by atoms with Crippen LogP contribution in [-0.2, 0) is 0 Å². The van der Waals surface area contributed by atoms with Gasteiger partial charge in [-0.3, -0.25) is 5.43 Å². The van der Waals surface area contributed by atoms with E-state index < -0.39 is 0 Å². The Morgan fingerprint density at radius 2 is 1.84 bits per heavy atom. The van der Waals surface area contributed by atoms with Crippen LogP contribution in [0.3, 0.4) is 0 Å². The molecule has 0 bridgehead atoms. The molecule has 0 saturated carbocycles. The third kappa shape index (κ3) is 6.62. The maximum absolute atomic E-state index is 5.89. The Labute approximate surface area is 188 Å². The highest BCUT2D eigenvalue weighted by Crippen LogP contribution is 2.24. The van der Waals surface area contributed by atoms with E-state index in [1.807, 2.05) is 47.8 Å². The van der Waals surface area contributed by atoms with Gasteiger partial charge in [0, 0.05) is 43.7 Å². The van der Waals surface area contributed by atoms with Crippen molar-refractivity contribution in [3.63, 3.8) is 0 Å². The van der Waals surface area contributed by atoms with Gasteiger partial charge in [0.15, 0.2) is 0 Å². The molecule has 0 unspecified atom stereocenters. The summed E-state index contributed by atoms with van der Waals surface area (Å²) in [5.41, 5.74) is 6.09. The normalized spacial score (nSPS) is 15.4. The fourth-order valence-electron chi connectivity index (χ4n) is 3.43. The number of ether oxygens (including phenoxy) is 1. The number of nitrogens with one attached hydrogen (secondary N) is 1. The van der Waals surface area contributed by atoms with Crippen LogP contribution in [0.2, 0.25) is 0 Å². The summed E-state index contributed by atoms with van der Waals surface area (Å²) in [6.45, 7) is 6.49. The molecule has 1 aliphatic rings. The average Bonchev–Trinajstić information content (AvgIpc) is 3.28. The number of nitrogens with zero attached hydrogens (tertiary/aromatic N) is 4. The summed E-state index contributed by atoms with van der Waals surface area (Å²) in [5.74, 6) is 0.899. The summed E-state index contributed by atoms with van der Waals surface area (Å²) in [6.07, 6.45) is 2.84. The van der Waals surface area contributed by atoms with Gasteiger partial charge in [-0.25, -0.2) is 4.98 Å². The Morgan fingerprint density at radius 3 is 2.61 bits per heavy atom. The summed E-state index contributed by atoms with van der Waals surface area (Å²) in [6, 6.07) is 18.2. The van der Waals surface area contributed by atoms with Crippen LogP contribution in [0.4, 0.5) is 5.13 Å². The molecule has 162 valence electrons. The SMILES string of the molecule is CN1CCN(CCCOc2ccc(C=NNc3nc(-c4ccccc4)cs3)cc2)CC1. The van der Waals surface area contributed by atoms with E-state index >= 15 is 0 Å². The number of piperazine rings is 1. The molecular formula is C24H29N5OS. The molecule has 31 heavy (non-hydrogen) atoms. The van der Waals surface area contributed by atoms with Crippen molar-refractivity contribution in [2.45, 2.75) is 6.42 Å². The third-order valence-corrected chi connectivity index (χ3v) is 6.06. The van der Waals surface area contributed by atoms with Crippen LogP contribution in [-0.4, -0.2) is 67.4 Å². The van der Waals surface area contributed by atoms with E-state index in [0.717, 1.165) is 73.5 Å². The van der Waals surface area contributed by atoms with Crippen molar-refractivity contribution in [2.75, 3.05) is 51.8 Å². The van der Waals surface area contributed by atoms with Gasteiger partial charge in [-0.1, -0.05) is 30.3 Å². The Morgan fingerprint density at radius 1 is 1.06 bits per heavy atom. The Bertz CT molecular complexity index is 950. The number of hydrogen-bond donors (Lipinski definition) is 1. The lowest BCUT2D eigenvalue weighted by molar-refractivity contribution is 0.145. The van der Waals surface area contributed by atoms with Gasteiger partial charge in [-0.05, 0) is 43.3 Å². The van der Waals surface area contributed by atoms with Crippen molar-refractivity contribution in [3.8, 4) is 17.0 Å². The summed E-state index contributed by atoms with van der Waals surface area (Å²) in [7, 11) is 2.19. The van der Waals surface area contributed by atoms with E-state index in [-0.39, 0.29) is 0 Å². The van der Waals surface area contributed by atoms with Crippen molar-refractivity contribution < 1.29 is 4.74 Å². The molecule has 4 rings (SSSR count). The number of likely N-dealkylation sites (N-methyl/N-ethyl adjacent to an activating group) is 1. The largest absolute Gasteiger partial charge is 0.494 e. The highest BCUT2D eigenvalue weighted by atomic mass is 32.1. The number of hydrogen-bond acceptors (Lipinski definition) is 7. The van der Waals surface area contributed by atoms with Crippen molar-refractivity contribution in [2.24, 2.45) is 5.10 Å². The Kier molecular flexibility index (Phi) is 7.65. The molecule has 0 radical (unpaired) electrons. The lowest BCUT2D eigenvalue weighted by atomic mass is 10.2. The quantitative estimate of drug-likeness (QED) is 0.309. The molecular weight excluding hydrogens is 406 g/mol. The highest BCUT2D eigenvalue weighted by Gasteiger charge is 2.12. The molecule has 3 aromatic rings. The van der Waals surface area contributed by atoms with E-state index in [4.69, 9.17) is 4.74 Å². The van der Waals surface area contributed by atoms with E-state index in [9.17, 15) is 0 Å². The lowest BCUT2D eigenvalue weighted by Crippen LogP contribution is -2.44. The maximum atomic E-state index is 5.89. The van der Waals surface area contributed by atoms with Gasteiger partial charge in [0.25, 0.3) is 0 Å². The summed E-state index contributed by atoms with van der Waals surface area (Å²) in [4.78, 5) is 9.47. The van der Waals surface area contributed by atoms with Crippen LogP contribution in [0, 0.1) is 0 Å². The van der Waals surface area contributed by atoms with Crippen LogP contribution in [0.1, 0.15) is 12.0 Å². The smallest absolute Gasteiger partial charge is 0.203 e. The first-order valence-electron chi connectivity index (χ1n) is 10.7. The standard InChI is InChI=1S/C24H29N5OS/c1-28-13-15-29(16-14-28)12-5-17-30-22-10-8-20(9-11-22)18-25-27-24-26-23(19-31-24)21-6-3-2-4-7-21/h2-4,6-11,18-19H,5,12-17H2,1H3,(H,26,27). The second-order valence-corrected chi connectivity index (χ2v) is 8.55. The van der Waals surface area contributed by atoms with Crippen LogP contribution >= 0.6 is 11.3 Å². The lowest BCUT2D eigenvalue weighted by Gasteiger charge is -2.32. The van der Waals surface area contributed by atoms with E-state index in [1.165, 1.54) is 0 Å². The molecule has 0 aliphatic carbocycles. The number of rotatable bonds is 9. The second kappa shape index (κ2) is 11.0.